The van der Waals surface area contributed by atoms with E-state index in [1.54, 1.807) is 0 Å². The number of hydrogen-bond donors (Lipinski definition) is 1. The van der Waals surface area contributed by atoms with E-state index in [4.69, 9.17) is 0 Å². The molecule has 1 heterocycles. The average molecular weight is 174 g/mol. The van der Waals surface area contributed by atoms with E-state index in [9.17, 15) is 0 Å². The fraction of sp³-hybridized carbons (Fsp3) is 0.833. The quantitative estimate of drug-likeness (QED) is 0.744. The van der Waals surface area contributed by atoms with Gasteiger partial charge >= 0.3 is 0 Å². The summed E-state index contributed by atoms with van der Waals surface area (Å²) in [6.45, 7) is 2.18. The number of nitrogens with zero attached hydrogens (tertiary/aromatic N) is 3. The van der Waals surface area contributed by atoms with Crippen LogP contribution in [0, 0.1) is 0 Å². The molecule has 0 saturated heterocycles. The summed E-state index contributed by atoms with van der Waals surface area (Å²) < 4.78 is 0. The number of aromatic amines is 1. The van der Waals surface area contributed by atoms with Crippen molar-refractivity contribution in [3.05, 3.63) is 0 Å². The number of nitrogens with one attached hydrogen (secondary N) is 1. The molecule has 0 amide bonds. The molecular formula is C6H14N4S. The lowest BCUT2D eigenvalue weighted by molar-refractivity contribution is 0.881. The molecule has 1 rings (SSSR count). The van der Waals surface area contributed by atoms with Crippen LogP contribution in [0.1, 0.15) is 13.3 Å². The Morgan fingerprint density at radius 3 is 2.64 bits per heavy atom. The zero-order valence-corrected chi connectivity index (χ0v) is 7.98. The maximum absolute atomic E-state index is 4.00. The van der Waals surface area contributed by atoms with E-state index in [1.807, 2.05) is 0 Å². The lowest BCUT2D eigenvalue weighted by Gasteiger charge is -2.25. The van der Waals surface area contributed by atoms with Crippen molar-refractivity contribution in [2.24, 2.45) is 0 Å². The van der Waals surface area contributed by atoms with Gasteiger partial charge in [-0.2, -0.15) is 15.2 Å². The maximum Gasteiger partial charge on any atom is 0.213 e. The van der Waals surface area contributed by atoms with E-state index in [0.717, 1.165) is 5.16 Å². The Kier molecular flexibility index (Phi) is 2.49. The van der Waals surface area contributed by atoms with Gasteiger partial charge < -0.3 is 0 Å². The molecule has 0 radical (unpaired) electrons. The first-order valence-electron chi connectivity index (χ1n) is 3.61. The van der Waals surface area contributed by atoms with Gasteiger partial charge in [0.05, 0.1) is 0 Å². The molecular weight excluding hydrogens is 160 g/mol. The summed E-state index contributed by atoms with van der Waals surface area (Å²) >= 11 is 0. The number of rotatable bonds is 3. The Morgan fingerprint density at radius 1 is 1.45 bits per heavy atom. The Hall–Kier alpha value is -0.580. The summed E-state index contributed by atoms with van der Waals surface area (Å²) in [5.41, 5.74) is 0. The van der Waals surface area contributed by atoms with Crippen LogP contribution in [0.3, 0.4) is 0 Å². The predicted octanol–water partition coefficient (Wildman–Crippen LogP) is 1.03. The number of tetrazole rings is 1. The van der Waals surface area contributed by atoms with E-state index in [0.29, 0.717) is 0 Å². The molecule has 0 aliphatic carbocycles. The molecule has 0 spiro atoms. The summed E-state index contributed by atoms with van der Waals surface area (Å²) in [6, 6.07) is 0. The normalized spacial score (nSPS) is 13.4. The van der Waals surface area contributed by atoms with Gasteiger partial charge in [-0.15, -0.1) is 10.2 Å². The highest BCUT2D eigenvalue weighted by molar-refractivity contribution is 8.32. The molecule has 0 unspecified atom stereocenters. The second-order valence-electron chi connectivity index (χ2n) is 2.94. The summed E-state index contributed by atoms with van der Waals surface area (Å²) in [7, 11) is -0.783. The topological polar surface area (TPSA) is 54.5 Å². The van der Waals surface area contributed by atoms with Crippen LogP contribution in [0.2, 0.25) is 0 Å². The predicted molar refractivity (Wildman–Crippen MR) is 47.0 cm³/mol. The minimum Gasteiger partial charge on any atom is -0.183 e. The first kappa shape index (κ1) is 8.52. The van der Waals surface area contributed by atoms with Gasteiger partial charge in [-0.1, -0.05) is 6.92 Å². The van der Waals surface area contributed by atoms with Crippen LogP contribution in [0.25, 0.3) is 0 Å². The highest BCUT2D eigenvalue weighted by Gasteiger charge is 2.17. The molecule has 1 N–H and O–H groups in total. The molecule has 11 heavy (non-hydrogen) atoms. The maximum atomic E-state index is 4.00. The fourth-order valence-corrected chi connectivity index (χ4v) is 2.74. The number of hydrogen-bond acceptors (Lipinski definition) is 3. The highest BCUT2D eigenvalue weighted by Crippen LogP contribution is 2.46. The van der Waals surface area contributed by atoms with Gasteiger partial charge in [-0.05, 0) is 29.9 Å². The molecule has 0 atom stereocenters. The lowest BCUT2D eigenvalue weighted by atomic mass is 10.6. The molecule has 0 aliphatic rings. The minimum atomic E-state index is -0.783. The molecule has 0 aliphatic heterocycles. The molecule has 0 saturated carbocycles. The van der Waals surface area contributed by atoms with Gasteiger partial charge in [0.1, 0.15) is 0 Å². The summed E-state index contributed by atoms with van der Waals surface area (Å²) in [6.07, 6.45) is 5.60. The number of aromatic nitrogens is 4. The first-order chi connectivity index (χ1) is 5.17. The smallest absolute Gasteiger partial charge is 0.183 e. The van der Waals surface area contributed by atoms with Crippen LogP contribution >= 0.6 is 10.0 Å². The first-order valence-corrected chi connectivity index (χ1v) is 6.23. The van der Waals surface area contributed by atoms with Gasteiger partial charge in [0.15, 0.2) is 0 Å². The second-order valence-corrected chi connectivity index (χ2v) is 6.79. The molecule has 5 heteroatoms. The highest BCUT2D eigenvalue weighted by atomic mass is 32.3. The Morgan fingerprint density at radius 2 is 2.18 bits per heavy atom. The summed E-state index contributed by atoms with van der Waals surface area (Å²) in [5, 5.41) is 14.9. The Balaban J connectivity index is 2.73. The van der Waals surface area contributed by atoms with Crippen LogP contribution < -0.4 is 0 Å². The van der Waals surface area contributed by atoms with Crippen molar-refractivity contribution in [3.63, 3.8) is 0 Å². The summed E-state index contributed by atoms with van der Waals surface area (Å²) in [4.78, 5) is 0. The van der Waals surface area contributed by atoms with Crippen LogP contribution in [-0.4, -0.2) is 38.9 Å². The van der Waals surface area contributed by atoms with Gasteiger partial charge in [0, 0.05) is 0 Å². The van der Waals surface area contributed by atoms with Crippen molar-refractivity contribution in [1.29, 1.82) is 0 Å². The van der Waals surface area contributed by atoms with Crippen molar-refractivity contribution >= 4 is 10.0 Å². The molecule has 0 fully saturated rings. The van der Waals surface area contributed by atoms with Crippen molar-refractivity contribution < 1.29 is 0 Å². The lowest BCUT2D eigenvalue weighted by Crippen LogP contribution is -2.03. The van der Waals surface area contributed by atoms with Crippen molar-refractivity contribution in [2.45, 2.75) is 18.5 Å². The van der Waals surface area contributed by atoms with Crippen molar-refractivity contribution in [2.75, 3.05) is 18.3 Å². The Labute approximate surface area is 68.1 Å². The van der Waals surface area contributed by atoms with E-state index in [-0.39, 0.29) is 0 Å². The van der Waals surface area contributed by atoms with E-state index < -0.39 is 10.0 Å². The van der Waals surface area contributed by atoms with Crippen LogP contribution in [0.5, 0.6) is 0 Å². The standard InChI is InChI=1S/C6H14N4S/c1-4-5-11(2,3)6-7-9-10-8-6/h4-5H2,1-3H3,(H,7,8,9,10). The van der Waals surface area contributed by atoms with Gasteiger partial charge in [0.25, 0.3) is 0 Å². The van der Waals surface area contributed by atoms with Gasteiger partial charge in [-0.25, -0.2) is 0 Å². The SMILES string of the molecule is CCCS(C)(C)c1nn[nH]n1. The largest absolute Gasteiger partial charge is 0.213 e. The zero-order chi connectivity index (χ0) is 8.32. The van der Waals surface area contributed by atoms with Crippen LogP contribution in [0.4, 0.5) is 0 Å². The molecule has 4 nitrogen and oxygen atoms in total. The average Bonchev–Trinajstić information content (AvgIpc) is 2.37. The van der Waals surface area contributed by atoms with E-state index in [2.05, 4.69) is 40.1 Å². The van der Waals surface area contributed by atoms with Crippen molar-refractivity contribution in [3.8, 4) is 0 Å². The minimum absolute atomic E-state index is 0.783. The fourth-order valence-electron chi connectivity index (χ4n) is 0.988. The third-order valence-electron chi connectivity index (χ3n) is 1.53. The molecule has 64 valence electrons. The summed E-state index contributed by atoms with van der Waals surface area (Å²) in [5.74, 6) is 1.17. The van der Waals surface area contributed by atoms with E-state index in [1.165, 1.54) is 12.2 Å². The van der Waals surface area contributed by atoms with Crippen LogP contribution in [0.15, 0.2) is 5.16 Å². The van der Waals surface area contributed by atoms with Gasteiger partial charge in [-0.3, -0.25) is 0 Å². The number of H-pyrrole nitrogens is 1. The molecule has 0 aromatic carbocycles. The van der Waals surface area contributed by atoms with Gasteiger partial charge in [0.2, 0.25) is 5.16 Å². The van der Waals surface area contributed by atoms with E-state index >= 15 is 0 Å². The van der Waals surface area contributed by atoms with Crippen molar-refractivity contribution in [1.82, 2.24) is 20.6 Å². The third kappa shape index (κ3) is 1.92. The van der Waals surface area contributed by atoms with Crippen LogP contribution in [-0.2, 0) is 0 Å². The third-order valence-corrected chi connectivity index (χ3v) is 4.12. The zero-order valence-electron chi connectivity index (χ0n) is 7.16. The molecule has 0 bridgehead atoms. The molecule has 1 aromatic rings. The Bertz CT molecular complexity index is 206. The molecule has 1 aromatic heterocycles. The monoisotopic (exact) mass is 174 g/mol. The second kappa shape index (κ2) is 3.21.